The summed E-state index contributed by atoms with van der Waals surface area (Å²) in [5.74, 6) is 5.83. The van der Waals surface area contributed by atoms with E-state index in [2.05, 4.69) is 5.43 Å². The van der Waals surface area contributed by atoms with Crippen LogP contribution >= 0.6 is 11.8 Å². The Balaban J connectivity index is 2.09. The summed E-state index contributed by atoms with van der Waals surface area (Å²) in [5.41, 5.74) is 9.07. The monoisotopic (exact) mass is 263 g/mol. The molecule has 0 saturated carbocycles. The van der Waals surface area contributed by atoms with Crippen LogP contribution < -0.4 is 17.0 Å². The lowest BCUT2D eigenvalue weighted by atomic mass is 10.2. The maximum absolute atomic E-state index is 11.4. The summed E-state index contributed by atoms with van der Waals surface area (Å²) in [4.78, 5) is 12.4. The van der Waals surface area contributed by atoms with E-state index in [-0.39, 0.29) is 5.91 Å². The minimum Gasteiger partial charge on any atom is -0.468 e. The van der Waals surface area contributed by atoms with Gasteiger partial charge in [-0.1, -0.05) is 12.1 Å². The van der Waals surface area contributed by atoms with Gasteiger partial charge in [-0.3, -0.25) is 10.2 Å². The molecule has 0 saturated heterocycles. The molecule has 18 heavy (non-hydrogen) atoms. The zero-order chi connectivity index (χ0) is 13.0. The topological polar surface area (TPSA) is 94.3 Å². The highest BCUT2D eigenvalue weighted by molar-refractivity contribution is 7.98. The number of carbonyl (C=O) groups is 1. The zero-order valence-corrected chi connectivity index (χ0v) is 10.4. The van der Waals surface area contributed by atoms with E-state index < -0.39 is 0 Å². The SMILES string of the molecule is NNC(=O)c1ccoc1CSc1ccccc1N. The number of furan rings is 1. The molecule has 0 spiro atoms. The Morgan fingerprint density at radius 3 is 2.83 bits per heavy atom. The Bertz CT molecular complexity index is 554. The summed E-state index contributed by atoms with van der Waals surface area (Å²) in [6.07, 6.45) is 1.47. The van der Waals surface area contributed by atoms with E-state index in [0.29, 0.717) is 22.8 Å². The summed E-state index contributed by atoms with van der Waals surface area (Å²) >= 11 is 1.51. The van der Waals surface area contributed by atoms with Crippen LogP contribution in [0, 0.1) is 0 Å². The largest absolute Gasteiger partial charge is 0.468 e. The van der Waals surface area contributed by atoms with Crippen molar-refractivity contribution >= 4 is 23.4 Å². The Labute approximate surface area is 108 Å². The van der Waals surface area contributed by atoms with Crippen molar-refractivity contribution in [2.24, 2.45) is 5.84 Å². The molecule has 0 bridgehead atoms. The first-order chi connectivity index (χ1) is 8.72. The van der Waals surface area contributed by atoms with Crippen molar-refractivity contribution < 1.29 is 9.21 Å². The molecule has 5 nitrogen and oxygen atoms in total. The molecule has 5 N–H and O–H groups in total. The first kappa shape index (κ1) is 12.5. The number of amides is 1. The third-order valence-electron chi connectivity index (χ3n) is 2.40. The van der Waals surface area contributed by atoms with E-state index in [1.165, 1.54) is 18.0 Å². The van der Waals surface area contributed by atoms with E-state index in [0.717, 1.165) is 4.90 Å². The Morgan fingerprint density at radius 1 is 1.33 bits per heavy atom. The second-order valence-corrected chi connectivity index (χ2v) is 4.57. The van der Waals surface area contributed by atoms with Crippen molar-refractivity contribution in [2.75, 3.05) is 5.73 Å². The van der Waals surface area contributed by atoms with Crippen LogP contribution in [0.1, 0.15) is 16.1 Å². The molecule has 0 aliphatic heterocycles. The van der Waals surface area contributed by atoms with Crippen molar-refractivity contribution in [3.63, 3.8) is 0 Å². The van der Waals surface area contributed by atoms with Gasteiger partial charge in [0.05, 0.1) is 17.6 Å². The van der Waals surface area contributed by atoms with Gasteiger partial charge in [-0.25, -0.2) is 5.84 Å². The standard InChI is InChI=1S/C12H13N3O2S/c13-9-3-1-2-4-11(9)18-7-10-8(5-6-17-10)12(16)15-14/h1-6H,7,13-14H2,(H,15,16). The second kappa shape index (κ2) is 5.61. The van der Waals surface area contributed by atoms with Gasteiger partial charge in [0.25, 0.3) is 5.91 Å². The van der Waals surface area contributed by atoms with E-state index in [4.69, 9.17) is 16.0 Å². The van der Waals surface area contributed by atoms with Crippen LogP contribution in [-0.4, -0.2) is 5.91 Å². The highest BCUT2D eigenvalue weighted by atomic mass is 32.2. The number of benzene rings is 1. The van der Waals surface area contributed by atoms with Gasteiger partial charge in [0.2, 0.25) is 0 Å². The molecule has 0 atom stereocenters. The minimum absolute atomic E-state index is 0.361. The van der Waals surface area contributed by atoms with E-state index >= 15 is 0 Å². The molecule has 1 aromatic heterocycles. The van der Waals surface area contributed by atoms with Crippen LogP contribution in [0.5, 0.6) is 0 Å². The maximum Gasteiger partial charge on any atom is 0.268 e. The molecule has 0 aliphatic rings. The van der Waals surface area contributed by atoms with Crippen molar-refractivity contribution in [1.82, 2.24) is 5.43 Å². The minimum atomic E-state index is -0.361. The van der Waals surface area contributed by atoms with Gasteiger partial charge >= 0.3 is 0 Å². The van der Waals surface area contributed by atoms with Crippen molar-refractivity contribution in [3.05, 3.63) is 47.9 Å². The first-order valence-corrected chi connectivity index (χ1v) is 6.25. The first-order valence-electron chi connectivity index (χ1n) is 5.27. The molecule has 1 aromatic carbocycles. The number of hydrazine groups is 1. The number of nitrogens with two attached hydrogens (primary N) is 2. The maximum atomic E-state index is 11.4. The van der Waals surface area contributed by atoms with Crippen molar-refractivity contribution in [1.29, 1.82) is 0 Å². The highest BCUT2D eigenvalue weighted by Gasteiger charge is 2.13. The zero-order valence-electron chi connectivity index (χ0n) is 9.55. The molecule has 94 valence electrons. The van der Waals surface area contributed by atoms with Gasteiger partial charge < -0.3 is 10.2 Å². The third kappa shape index (κ3) is 2.66. The predicted molar refractivity (Wildman–Crippen MR) is 70.8 cm³/mol. The summed E-state index contributed by atoms with van der Waals surface area (Å²) in [6, 6.07) is 9.13. The van der Waals surface area contributed by atoms with E-state index in [9.17, 15) is 4.79 Å². The molecule has 0 radical (unpaired) electrons. The van der Waals surface area contributed by atoms with Crippen LogP contribution in [0.15, 0.2) is 45.9 Å². The average molecular weight is 263 g/mol. The molecule has 1 amide bonds. The number of thioether (sulfide) groups is 1. The number of carbonyl (C=O) groups excluding carboxylic acids is 1. The molecule has 2 rings (SSSR count). The van der Waals surface area contributed by atoms with Gasteiger partial charge in [0.15, 0.2) is 0 Å². The number of hydrogen-bond acceptors (Lipinski definition) is 5. The summed E-state index contributed by atoms with van der Waals surface area (Å²) in [7, 11) is 0. The fourth-order valence-electron chi connectivity index (χ4n) is 1.49. The van der Waals surface area contributed by atoms with Crippen LogP contribution in [-0.2, 0) is 5.75 Å². The van der Waals surface area contributed by atoms with E-state index in [1.807, 2.05) is 24.3 Å². The lowest BCUT2D eigenvalue weighted by molar-refractivity contribution is 0.0952. The van der Waals surface area contributed by atoms with E-state index in [1.54, 1.807) is 6.07 Å². The van der Waals surface area contributed by atoms with Gasteiger partial charge in [-0.2, -0.15) is 0 Å². The van der Waals surface area contributed by atoms with Crippen molar-refractivity contribution in [3.8, 4) is 0 Å². The fourth-order valence-corrected chi connectivity index (χ4v) is 2.41. The third-order valence-corrected chi connectivity index (χ3v) is 3.49. The Kier molecular flexibility index (Phi) is 3.91. The Morgan fingerprint density at radius 2 is 2.11 bits per heavy atom. The van der Waals surface area contributed by atoms with Gasteiger partial charge in [0.1, 0.15) is 5.76 Å². The summed E-state index contributed by atoms with van der Waals surface area (Å²) in [6.45, 7) is 0. The number of nitrogen functional groups attached to an aromatic ring is 2. The molecule has 0 unspecified atom stereocenters. The van der Waals surface area contributed by atoms with Crippen LogP contribution in [0.2, 0.25) is 0 Å². The molecular formula is C12H13N3O2S. The van der Waals surface area contributed by atoms with Crippen LogP contribution in [0.3, 0.4) is 0 Å². The normalized spacial score (nSPS) is 10.3. The average Bonchev–Trinajstić information content (AvgIpc) is 2.85. The Hall–Kier alpha value is -1.92. The number of anilines is 1. The quantitative estimate of drug-likeness (QED) is 0.257. The van der Waals surface area contributed by atoms with Gasteiger partial charge in [-0.05, 0) is 18.2 Å². The number of rotatable bonds is 4. The molecular weight excluding hydrogens is 250 g/mol. The molecule has 0 fully saturated rings. The van der Waals surface area contributed by atoms with Crippen LogP contribution in [0.4, 0.5) is 5.69 Å². The van der Waals surface area contributed by atoms with Gasteiger partial charge in [-0.15, -0.1) is 11.8 Å². The van der Waals surface area contributed by atoms with Crippen LogP contribution in [0.25, 0.3) is 0 Å². The fraction of sp³-hybridized carbons (Fsp3) is 0.0833. The predicted octanol–water partition coefficient (Wildman–Crippen LogP) is 1.76. The summed E-state index contributed by atoms with van der Waals surface area (Å²) in [5, 5.41) is 0. The highest BCUT2D eigenvalue weighted by Crippen LogP contribution is 2.29. The number of hydrogen-bond donors (Lipinski definition) is 3. The molecule has 6 heteroatoms. The van der Waals surface area contributed by atoms with Crippen molar-refractivity contribution in [2.45, 2.75) is 10.6 Å². The number of nitrogens with one attached hydrogen (secondary N) is 1. The molecule has 0 aliphatic carbocycles. The molecule has 1 heterocycles. The molecule has 2 aromatic rings. The second-order valence-electron chi connectivity index (χ2n) is 3.56. The number of para-hydroxylation sites is 1. The van der Waals surface area contributed by atoms with Gasteiger partial charge in [0, 0.05) is 10.6 Å². The lowest BCUT2D eigenvalue weighted by Crippen LogP contribution is -2.30. The lowest BCUT2D eigenvalue weighted by Gasteiger charge is -2.04. The smallest absolute Gasteiger partial charge is 0.268 e. The summed E-state index contributed by atoms with van der Waals surface area (Å²) < 4.78 is 5.27.